The van der Waals surface area contributed by atoms with Crippen molar-refractivity contribution in [2.45, 2.75) is 38.6 Å². The van der Waals surface area contributed by atoms with Crippen molar-refractivity contribution in [1.82, 2.24) is 0 Å². The molecule has 0 heterocycles. The van der Waals surface area contributed by atoms with Gasteiger partial charge in [0.15, 0.2) is 0 Å². The highest BCUT2D eigenvalue weighted by Crippen LogP contribution is 2.28. The molecule has 0 saturated heterocycles. The molecule has 2 heteroatoms. The van der Waals surface area contributed by atoms with Gasteiger partial charge in [0.25, 0.3) is 0 Å². The van der Waals surface area contributed by atoms with Gasteiger partial charge in [0.1, 0.15) is 0 Å². The van der Waals surface area contributed by atoms with Gasteiger partial charge >= 0.3 is 0 Å². The molecule has 1 fully saturated rings. The molecule has 76 valence electrons. The van der Waals surface area contributed by atoms with Gasteiger partial charge in [0.05, 0.1) is 11.4 Å². The average molecular weight is 190 g/mol. The number of aryl methyl sites for hydroxylation is 1. The van der Waals surface area contributed by atoms with E-state index >= 15 is 0 Å². The first-order valence-electron chi connectivity index (χ1n) is 5.44. The van der Waals surface area contributed by atoms with Crippen LogP contribution in [0.4, 0.5) is 11.4 Å². The molecule has 1 aliphatic carbocycles. The molecule has 0 amide bonds. The zero-order valence-corrected chi connectivity index (χ0v) is 8.72. The van der Waals surface area contributed by atoms with Gasteiger partial charge in [0, 0.05) is 6.04 Å². The molecule has 2 rings (SSSR count). The Balaban J connectivity index is 2.13. The van der Waals surface area contributed by atoms with Crippen molar-refractivity contribution in [2.24, 2.45) is 0 Å². The predicted octanol–water partition coefficient (Wildman–Crippen LogP) is 2.80. The maximum absolute atomic E-state index is 5.90. The molecule has 0 aliphatic heterocycles. The predicted molar refractivity (Wildman–Crippen MR) is 61.5 cm³/mol. The summed E-state index contributed by atoms with van der Waals surface area (Å²) in [5, 5.41) is 3.46. The number of nitrogen functional groups attached to an aromatic ring is 1. The highest BCUT2D eigenvalue weighted by atomic mass is 15.0. The van der Waals surface area contributed by atoms with Crippen LogP contribution >= 0.6 is 0 Å². The molecule has 0 unspecified atom stereocenters. The molecule has 0 aromatic heterocycles. The van der Waals surface area contributed by atoms with E-state index in [2.05, 4.69) is 24.4 Å². The summed E-state index contributed by atoms with van der Waals surface area (Å²) in [5.74, 6) is 0. The third kappa shape index (κ3) is 2.19. The van der Waals surface area contributed by atoms with Gasteiger partial charge in [-0.2, -0.15) is 0 Å². The van der Waals surface area contributed by atoms with Crippen LogP contribution < -0.4 is 11.1 Å². The minimum Gasteiger partial charge on any atom is -0.397 e. The van der Waals surface area contributed by atoms with Crippen LogP contribution in [-0.4, -0.2) is 6.04 Å². The van der Waals surface area contributed by atoms with Crippen molar-refractivity contribution in [2.75, 3.05) is 11.1 Å². The second kappa shape index (κ2) is 3.91. The van der Waals surface area contributed by atoms with Gasteiger partial charge in [-0.25, -0.2) is 0 Å². The van der Waals surface area contributed by atoms with Crippen LogP contribution in [0.1, 0.15) is 31.7 Å². The van der Waals surface area contributed by atoms with E-state index < -0.39 is 0 Å². The second-order valence-corrected chi connectivity index (χ2v) is 4.09. The van der Waals surface area contributed by atoms with Crippen LogP contribution in [-0.2, 0) is 6.42 Å². The fourth-order valence-electron chi connectivity index (χ4n) is 1.62. The Hall–Kier alpha value is -1.18. The fourth-order valence-corrected chi connectivity index (χ4v) is 1.62. The van der Waals surface area contributed by atoms with Crippen molar-refractivity contribution in [3.8, 4) is 0 Å². The first-order chi connectivity index (χ1) is 6.79. The minimum atomic E-state index is 0.675. The molecule has 14 heavy (non-hydrogen) atoms. The lowest BCUT2D eigenvalue weighted by atomic mass is 10.1. The van der Waals surface area contributed by atoms with Crippen LogP contribution in [0.25, 0.3) is 0 Å². The first-order valence-corrected chi connectivity index (χ1v) is 5.44. The SMILES string of the molecule is CCCc1ccc(N)c(NC2CC2)c1. The molecule has 1 aliphatic rings. The Morgan fingerprint density at radius 1 is 1.43 bits per heavy atom. The topological polar surface area (TPSA) is 38.0 Å². The Morgan fingerprint density at radius 2 is 2.21 bits per heavy atom. The summed E-state index contributed by atoms with van der Waals surface area (Å²) in [4.78, 5) is 0. The maximum Gasteiger partial charge on any atom is 0.0578 e. The Labute approximate surface area is 85.5 Å². The van der Waals surface area contributed by atoms with Crippen molar-refractivity contribution < 1.29 is 0 Å². The lowest BCUT2D eigenvalue weighted by molar-refractivity contribution is 0.922. The van der Waals surface area contributed by atoms with E-state index in [4.69, 9.17) is 5.73 Å². The molecular weight excluding hydrogens is 172 g/mol. The highest BCUT2D eigenvalue weighted by molar-refractivity contribution is 5.67. The molecule has 1 aromatic rings. The third-order valence-electron chi connectivity index (χ3n) is 2.59. The second-order valence-electron chi connectivity index (χ2n) is 4.09. The average Bonchev–Trinajstić information content (AvgIpc) is 2.95. The lowest BCUT2D eigenvalue weighted by Crippen LogP contribution is -2.04. The zero-order chi connectivity index (χ0) is 9.97. The van der Waals surface area contributed by atoms with E-state index in [1.807, 2.05) is 6.07 Å². The van der Waals surface area contributed by atoms with E-state index in [1.54, 1.807) is 0 Å². The number of hydrogen-bond acceptors (Lipinski definition) is 2. The van der Waals surface area contributed by atoms with E-state index in [9.17, 15) is 0 Å². The number of anilines is 2. The number of hydrogen-bond donors (Lipinski definition) is 2. The smallest absolute Gasteiger partial charge is 0.0578 e. The monoisotopic (exact) mass is 190 g/mol. The largest absolute Gasteiger partial charge is 0.397 e. The number of nitrogens with two attached hydrogens (primary N) is 1. The van der Waals surface area contributed by atoms with E-state index in [-0.39, 0.29) is 0 Å². The van der Waals surface area contributed by atoms with Gasteiger partial charge in [-0.15, -0.1) is 0 Å². The summed E-state index contributed by atoms with van der Waals surface area (Å²) in [7, 11) is 0. The van der Waals surface area contributed by atoms with E-state index in [1.165, 1.54) is 24.8 Å². The van der Waals surface area contributed by atoms with Gasteiger partial charge in [-0.05, 0) is 37.0 Å². The third-order valence-corrected chi connectivity index (χ3v) is 2.59. The summed E-state index contributed by atoms with van der Waals surface area (Å²) in [5.41, 5.74) is 9.27. The van der Waals surface area contributed by atoms with Crippen LogP contribution in [0.2, 0.25) is 0 Å². The lowest BCUT2D eigenvalue weighted by Gasteiger charge is -2.10. The molecule has 3 N–H and O–H groups in total. The summed E-state index contributed by atoms with van der Waals surface area (Å²) in [6.45, 7) is 2.20. The van der Waals surface area contributed by atoms with E-state index in [0.717, 1.165) is 17.8 Å². The first kappa shape index (κ1) is 9.38. The minimum absolute atomic E-state index is 0.675. The van der Waals surface area contributed by atoms with Crippen molar-refractivity contribution in [3.05, 3.63) is 23.8 Å². The van der Waals surface area contributed by atoms with Crippen LogP contribution in [0.3, 0.4) is 0 Å². The van der Waals surface area contributed by atoms with Crippen molar-refractivity contribution in [3.63, 3.8) is 0 Å². The highest BCUT2D eigenvalue weighted by Gasteiger charge is 2.21. The summed E-state index contributed by atoms with van der Waals surface area (Å²) < 4.78 is 0. The van der Waals surface area contributed by atoms with Crippen LogP contribution in [0.5, 0.6) is 0 Å². The number of benzene rings is 1. The maximum atomic E-state index is 5.90. The van der Waals surface area contributed by atoms with E-state index in [0.29, 0.717) is 6.04 Å². The van der Waals surface area contributed by atoms with Crippen molar-refractivity contribution >= 4 is 11.4 Å². The molecule has 0 bridgehead atoms. The van der Waals surface area contributed by atoms with Gasteiger partial charge in [-0.3, -0.25) is 0 Å². The summed E-state index contributed by atoms with van der Waals surface area (Å²) in [6.07, 6.45) is 4.90. The Morgan fingerprint density at radius 3 is 2.86 bits per heavy atom. The molecule has 0 spiro atoms. The fraction of sp³-hybridized carbons (Fsp3) is 0.500. The van der Waals surface area contributed by atoms with Gasteiger partial charge in [-0.1, -0.05) is 19.4 Å². The Bertz CT molecular complexity index is 316. The normalized spacial score (nSPS) is 15.5. The summed E-state index contributed by atoms with van der Waals surface area (Å²) >= 11 is 0. The standard InChI is InChI=1S/C12H18N2/c1-2-3-9-4-7-11(13)12(8-9)14-10-5-6-10/h4,7-8,10,14H,2-3,5-6,13H2,1H3. The molecule has 1 saturated carbocycles. The zero-order valence-electron chi connectivity index (χ0n) is 8.72. The Kier molecular flexibility index (Phi) is 2.62. The van der Waals surface area contributed by atoms with Gasteiger partial charge < -0.3 is 11.1 Å². The molecular formula is C12H18N2. The quantitative estimate of drug-likeness (QED) is 0.716. The number of rotatable bonds is 4. The van der Waals surface area contributed by atoms with Crippen LogP contribution in [0.15, 0.2) is 18.2 Å². The van der Waals surface area contributed by atoms with Crippen molar-refractivity contribution in [1.29, 1.82) is 0 Å². The summed E-state index contributed by atoms with van der Waals surface area (Å²) in [6, 6.07) is 7.00. The molecule has 0 atom stereocenters. The number of nitrogens with one attached hydrogen (secondary N) is 1. The van der Waals surface area contributed by atoms with Crippen LogP contribution in [0, 0.1) is 0 Å². The van der Waals surface area contributed by atoms with Gasteiger partial charge in [0.2, 0.25) is 0 Å². The molecule has 1 aromatic carbocycles. The molecule has 2 nitrogen and oxygen atoms in total. The molecule has 0 radical (unpaired) electrons.